The summed E-state index contributed by atoms with van der Waals surface area (Å²) >= 11 is 7.20. The van der Waals surface area contributed by atoms with Gasteiger partial charge in [0, 0.05) is 6.42 Å². The Kier molecular flexibility index (Phi) is 4.50. The lowest BCUT2D eigenvalue weighted by atomic mass is 10.1. The van der Waals surface area contributed by atoms with E-state index in [0.717, 1.165) is 10.4 Å². The Balaban J connectivity index is 1.57. The number of anilines is 1. The Hall–Kier alpha value is -2.18. The Morgan fingerprint density at radius 2 is 2.00 bits per heavy atom. The molecular formula is C15H12ClN3O2S. The lowest BCUT2D eigenvalue weighted by molar-refractivity contribution is -0.116. The maximum atomic E-state index is 11.9. The molecule has 0 spiro atoms. The SMILES string of the molecule is O=C(CCc1ccccc1)Nc1nnc(-c2ccc(Cl)s2)o1. The first-order chi connectivity index (χ1) is 10.7. The molecule has 0 aliphatic carbocycles. The van der Waals surface area contributed by atoms with Crippen molar-refractivity contribution < 1.29 is 9.21 Å². The fourth-order valence-corrected chi connectivity index (χ4v) is 2.85. The molecule has 3 aromatic rings. The molecule has 22 heavy (non-hydrogen) atoms. The molecule has 0 aliphatic rings. The fraction of sp³-hybridized carbons (Fsp3) is 0.133. The van der Waals surface area contributed by atoms with Gasteiger partial charge < -0.3 is 4.42 Å². The van der Waals surface area contributed by atoms with E-state index in [-0.39, 0.29) is 11.9 Å². The lowest BCUT2D eigenvalue weighted by Crippen LogP contribution is -2.12. The standard InChI is InChI=1S/C15H12ClN3O2S/c16-12-8-7-11(22-12)14-18-19-15(21-14)17-13(20)9-6-10-4-2-1-3-5-10/h1-5,7-8H,6,9H2,(H,17,19,20). The topological polar surface area (TPSA) is 68.0 Å². The number of carbonyl (C=O) groups excluding carboxylic acids is 1. The van der Waals surface area contributed by atoms with Gasteiger partial charge in [0.05, 0.1) is 9.21 Å². The molecule has 7 heteroatoms. The minimum Gasteiger partial charge on any atom is -0.402 e. The lowest BCUT2D eigenvalue weighted by Gasteiger charge is -2.00. The molecule has 2 heterocycles. The molecule has 0 radical (unpaired) electrons. The third-order valence-electron chi connectivity index (χ3n) is 2.94. The number of hydrogen-bond donors (Lipinski definition) is 1. The largest absolute Gasteiger partial charge is 0.402 e. The van der Waals surface area contributed by atoms with Gasteiger partial charge in [-0.05, 0) is 24.1 Å². The van der Waals surface area contributed by atoms with Crippen molar-refractivity contribution in [1.82, 2.24) is 10.2 Å². The third kappa shape index (κ3) is 3.72. The van der Waals surface area contributed by atoms with Crippen LogP contribution in [0.4, 0.5) is 6.01 Å². The summed E-state index contributed by atoms with van der Waals surface area (Å²) < 4.78 is 6.04. The molecule has 2 aromatic heterocycles. The first-order valence-corrected chi connectivity index (χ1v) is 7.83. The minimum atomic E-state index is -0.164. The van der Waals surface area contributed by atoms with Crippen LogP contribution in [-0.2, 0) is 11.2 Å². The number of amides is 1. The number of rotatable bonds is 5. The Bertz CT molecular complexity index is 770. The van der Waals surface area contributed by atoms with E-state index in [4.69, 9.17) is 16.0 Å². The van der Waals surface area contributed by atoms with Crippen LogP contribution in [0.2, 0.25) is 4.34 Å². The summed E-state index contributed by atoms with van der Waals surface area (Å²) in [7, 11) is 0. The van der Waals surface area contributed by atoms with E-state index in [0.29, 0.717) is 23.1 Å². The average Bonchev–Trinajstić information content (AvgIpc) is 3.15. The normalized spacial score (nSPS) is 10.6. The zero-order valence-electron chi connectivity index (χ0n) is 11.5. The van der Waals surface area contributed by atoms with Crippen LogP contribution in [0.25, 0.3) is 10.8 Å². The van der Waals surface area contributed by atoms with Crippen LogP contribution in [0.15, 0.2) is 46.9 Å². The maximum Gasteiger partial charge on any atom is 0.322 e. The van der Waals surface area contributed by atoms with Gasteiger partial charge in [0.15, 0.2) is 0 Å². The minimum absolute atomic E-state index is 0.0950. The van der Waals surface area contributed by atoms with E-state index in [2.05, 4.69) is 15.5 Å². The summed E-state index contributed by atoms with van der Waals surface area (Å²) in [4.78, 5) is 12.6. The molecule has 1 amide bonds. The molecule has 0 bridgehead atoms. The number of carbonyl (C=O) groups is 1. The molecule has 1 aromatic carbocycles. The van der Waals surface area contributed by atoms with Gasteiger partial charge in [-0.3, -0.25) is 10.1 Å². The van der Waals surface area contributed by atoms with Crippen molar-refractivity contribution in [2.45, 2.75) is 12.8 Å². The summed E-state index contributed by atoms with van der Waals surface area (Å²) in [5.41, 5.74) is 1.11. The van der Waals surface area contributed by atoms with Crippen LogP contribution < -0.4 is 5.32 Å². The highest BCUT2D eigenvalue weighted by molar-refractivity contribution is 7.19. The van der Waals surface area contributed by atoms with Crippen molar-refractivity contribution >= 4 is 34.9 Å². The van der Waals surface area contributed by atoms with Crippen molar-refractivity contribution in [3.8, 4) is 10.8 Å². The molecule has 0 saturated heterocycles. The van der Waals surface area contributed by atoms with Crippen LogP contribution >= 0.6 is 22.9 Å². The number of nitrogens with one attached hydrogen (secondary N) is 1. The van der Waals surface area contributed by atoms with E-state index in [9.17, 15) is 4.79 Å². The summed E-state index contributed by atoms with van der Waals surface area (Å²) in [6.07, 6.45) is 1.01. The highest BCUT2D eigenvalue weighted by Crippen LogP contribution is 2.30. The number of hydrogen-bond acceptors (Lipinski definition) is 5. The number of aromatic nitrogens is 2. The zero-order valence-corrected chi connectivity index (χ0v) is 13.0. The Morgan fingerprint density at radius 1 is 1.18 bits per heavy atom. The third-order valence-corrected chi connectivity index (χ3v) is 4.16. The number of thiophene rings is 1. The predicted molar refractivity (Wildman–Crippen MR) is 86.0 cm³/mol. The average molecular weight is 334 g/mol. The molecule has 0 fully saturated rings. The second-order valence-corrected chi connectivity index (χ2v) is 6.26. The highest BCUT2D eigenvalue weighted by atomic mass is 35.5. The molecule has 112 valence electrons. The van der Waals surface area contributed by atoms with Crippen LogP contribution in [0, 0.1) is 0 Å². The molecule has 0 unspecified atom stereocenters. The van der Waals surface area contributed by atoms with Gasteiger partial charge in [0.2, 0.25) is 5.91 Å². The van der Waals surface area contributed by atoms with E-state index in [1.165, 1.54) is 11.3 Å². The number of aryl methyl sites for hydroxylation is 1. The molecule has 0 atom stereocenters. The summed E-state index contributed by atoms with van der Waals surface area (Å²) in [5, 5.41) is 10.3. The van der Waals surface area contributed by atoms with Crippen LogP contribution in [0.3, 0.4) is 0 Å². The predicted octanol–water partition coefficient (Wildman–Crippen LogP) is 4.02. The van der Waals surface area contributed by atoms with E-state index in [1.807, 2.05) is 30.3 Å². The summed E-state index contributed by atoms with van der Waals surface area (Å²) in [5.74, 6) is 0.179. The van der Waals surface area contributed by atoms with Crippen LogP contribution in [0.5, 0.6) is 0 Å². The van der Waals surface area contributed by atoms with Crippen molar-refractivity contribution in [3.63, 3.8) is 0 Å². The van der Waals surface area contributed by atoms with Gasteiger partial charge in [0.25, 0.3) is 5.89 Å². The monoisotopic (exact) mass is 333 g/mol. The van der Waals surface area contributed by atoms with Crippen molar-refractivity contribution in [1.29, 1.82) is 0 Å². The molecule has 0 aliphatic heterocycles. The van der Waals surface area contributed by atoms with E-state index in [1.54, 1.807) is 12.1 Å². The van der Waals surface area contributed by atoms with E-state index >= 15 is 0 Å². The number of benzene rings is 1. The second-order valence-electron chi connectivity index (χ2n) is 4.55. The van der Waals surface area contributed by atoms with Crippen molar-refractivity contribution in [3.05, 3.63) is 52.4 Å². The van der Waals surface area contributed by atoms with Gasteiger partial charge in [-0.25, -0.2) is 0 Å². The molecule has 5 nitrogen and oxygen atoms in total. The van der Waals surface area contributed by atoms with Gasteiger partial charge in [0.1, 0.15) is 0 Å². The van der Waals surface area contributed by atoms with Crippen molar-refractivity contribution in [2.75, 3.05) is 5.32 Å². The second kappa shape index (κ2) is 6.72. The maximum absolute atomic E-state index is 11.9. The number of halogens is 1. The fourth-order valence-electron chi connectivity index (χ4n) is 1.89. The molecular weight excluding hydrogens is 322 g/mol. The summed E-state index contributed by atoms with van der Waals surface area (Å²) in [6.45, 7) is 0. The molecule has 1 N–H and O–H groups in total. The van der Waals surface area contributed by atoms with Gasteiger partial charge in [-0.2, -0.15) is 0 Å². The molecule has 0 saturated carbocycles. The Labute approximate surface area is 135 Å². The van der Waals surface area contributed by atoms with Gasteiger partial charge in [-0.15, -0.1) is 16.4 Å². The highest BCUT2D eigenvalue weighted by Gasteiger charge is 2.12. The first-order valence-electron chi connectivity index (χ1n) is 6.64. The van der Waals surface area contributed by atoms with Gasteiger partial charge in [-0.1, -0.05) is 47.0 Å². The van der Waals surface area contributed by atoms with Crippen molar-refractivity contribution in [2.24, 2.45) is 0 Å². The zero-order chi connectivity index (χ0) is 15.4. The summed E-state index contributed by atoms with van der Waals surface area (Å²) in [6, 6.07) is 13.5. The quantitative estimate of drug-likeness (QED) is 0.765. The van der Waals surface area contributed by atoms with E-state index < -0.39 is 0 Å². The Morgan fingerprint density at radius 3 is 2.73 bits per heavy atom. The van der Waals surface area contributed by atoms with Crippen LogP contribution in [-0.4, -0.2) is 16.1 Å². The smallest absolute Gasteiger partial charge is 0.322 e. The molecule has 3 rings (SSSR count). The van der Waals surface area contributed by atoms with Crippen LogP contribution in [0.1, 0.15) is 12.0 Å². The first kappa shape index (κ1) is 14.7. The van der Waals surface area contributed by atoms with Gasteiger partial charge >= 0.3 is 6.01 Å². The number of nitrogens with zero attached hydrogens (tertiary/aromatic N) is 2.